The first-order valence-corrected chi connectivity index (χ1v) is 6.56. The third-order valence-corrected chi connectivity index (χ3v) is 3.53. The number of rotatable bonds is 4. The minimum Gasteiger partial charge on any atom is -0.310 e. The zero-order valence-corrected chi connectivity index (χ0v) is 11.9. The Kier molecular flexibility index (Phi) is 4.00. The number of nitrogens with zero attached hydrogens (tertiary/aromatic N) is 2. The lowest BCUT2D eigenvalue weighted by molar-refractivity contribution is 0.592. The van der Waals surface area contributed by atoms with E-state index in [-0.39, 0.29) is 11.9 Å². The minimum atomic E-state index is -0.205. The van der Waals surface area contributed by atoms with Crippen LogP contribution < -0.4 is 5.32 Å². The number of aryl methyl sites for hydroxylation is 1. The van der Waals surface area contributed by atoms with E-state index >= 15 is 0 Å². The summed E-state index contributed by atoms with van der Waals surface area (Å²) in [5.41, 5.74) is 3.52. The molecule has 19 heavy (non-hydrogen) atoms. The molecule has 1 unspecified atom stereocenters. The van der Waals surface area contributed by atoms with Gasteiger partial charge in [0.25, 0.3) is 0 Å². The Morgan fingerprint density at radius 3 is 2.68 bits per heavy atom. The Hall–Kier alpha value is -1.68. The van der Waals surface area contributed by atoms with Crippen molar-refractivity contribution in [2.75, 3.05) is 6.54 Å². The van der Waals surface area contributed by atoms with Gasteiger partial charge in [-0.3, -0.25) is 4.68 Å². The van der Waals surface area contributed by atoms with E-state index < -0.39 is 0 Å². The van der Waals surface area contributed by atoms with E-state index in [2.05, 4.69) is 24.3 Å². The molecule has 0 spiro atoms. The molecule has 0 saturated heterocycles. The highest BCUT2D eigenvalue weighted by atomic mass is 19.1. The van der Waals surface area contributed by atoms with Gasteiger partial charge >= 0.3 is 0 Å². The van der Waals surface area contributed by atoms with Crippen LogP contribution in [0, 0.1) is 12.7 Å². The fraction of sp³-hybridized carbons (Fsp3) is 0.400. The van der Waals surface area contributed by atoms with E-state index in [1.165, 1.54) is 6.07 Å². The van der Waals surface area contributed by atoms with Gasteiger partial charge in [-0.15, -0.1) is 0 Å². The highest BCUT2D eigenvalue weighted by Crippen LogP contribution is 2.28. The molecule has 0 amide bonds. The van der Waals surface area contributed by atoms with E-state index in [0.29, 0.717) is 5.56 Å². The molecule has 1 atom stereocenters. The van der Waals surface area contributed by atoms with Gasteiger partial charge in [0.15, 0.2) is 0 Å². The second-order valence-corrected chi connectivity index (χ2v) is 4.79. The maximum absolute atomic E-state index is 14.0. The summed E-state index contributed by atoms with van der Waals surface area (Å²) in [5, 5.41) is 7.52. The van der Waals surface area contributed by atoms with Crippen LogP contribution in [0.2, 0.25) is 0 Å². The molecule has 1 heterocycles. The summed E-state index contributed by atoms with van der Waals surface area (Å²) in [5.74, 6) is -0.205. The van der Waals surface area contributed by atoms with Gasteiger partial charge in [-0.25, -0.2) is 4.39 Å². The normalized spacial score (nSPS) is 12.7. The molecule has 4 heteroatoms. The quantitative estimate of drug-likeness (QED) is 0.916. The molecule has 0 aliphatic carbocycles. The maximum atomic E-state index is 14.0. The summed E-state index contributed by atoms with van der Waals surface area (Å²) in [7, 11) is 1.86. The molecule has 0 radical (unpaired) electrons. The number of aromatic nitrogens is 2. The largest absolute Gasteiger partial charge is 0.310 e. The van der Waals surface area contributed by atoms with E-state index in [0.717, 1.165) is 23.4 Å². The van der Waals surface area contributed by atoms with E-state index in [9.17, 15) is 4.39 Å². The number of hydrogen-bond acceptors (Lipinski definition) is 2. The van der Waals surface area contributed by atoms with Crippen LogP contribution in [0.5, 0.6) is 0 Å². The molecule has 1 N–H and O–H groups in total. The van der Waals surface area contributed by atoms with Crippen molar-refractivity contribution in [2.45, 2.75) is 26.8 Å². The predicted molar refractivity (Wildman–Crippen MR) is 75.4 cm³/mol. The molecule has 2 aromatic rings. The zero-order chi connectivity index (χ0) is 14.0. The molecule has 2 rings (SSSR count). The van der Waals surface area contributed by atoms with E-state index in [1.807, 2.05) is 26.1 Å². The fourth-order valence-electron chi connectivity index (χ4n) is 2.21. The van der Waals surface area contributed by atoms with Gasteiger partial charge in [0.05, 0.1) is 6.20 Å². The minimum absolute atomic E-state index is 0.205. The van der Waals surface area contributed by atoms with Crippen molar-refractivity contribution in [2.24, 2.45) is 7.05 Å². The SMILES string of the molecule is CCNC(C)c1ccc(F)c(-c2cnn(C)c2C)c1. The van der Waals surface area contributed by atoms with Crippen LogP contribution in [0.25, 0.3) is 11.1 Å². The lowest BCUT2D eigenvalue weighted by Crippen LogP contribution is -2.17. The molecule has 0 bridgehead atoms. The lowest BCUT2D eigenvalue weighted by Gasteiger charge is -2.14. The second kappa shape index (κ2) is 5.53. The Bertz CT molecular complexity index is 575. The van der Waals surface area contributed by atoms with Crippen molar-refractivity contribution < 1.29 is 4.39 Å². The number of halogens is 1. The standard InChI is InChI=1S/C15H20FN3/c1-5-17-10(2)12-6-7-15(16)13(8-12)14-9-18-19(4)11(14)3/h6-10,17H,5H2,1-4H3. The van der Waals surface area contributed by atoms with Crippen LogP contribution >= 0.6 is 0 Å². The van der Waals surface area contributed by atoms with Crippen molar-refractivity contribution in [1.29, 1.82) is 0 Å². The summed E-state index contributed by atoms with van der Waals surface area (Å²) in [6.45, 7) is 6.98. The predicted octanol–water partition coefficient (Wildman–Crippen LogP) is 3.21. The van der Waals surface area contributed by atoms with Gasteiger partial charge in [-0.1, -0.05) is 13.0 Å². The summed E-state index contributed by atoms with van der Waals surface area (Å²) < 4.78 is 15.8. The smallest absolute Gasteiger partial charge is 0.131 e. The van der Waals surface area contributed by atoms with E-state index in [4.69, 9.17) is 0 Å². The van der Waals surface area contributed by atoms with Gasteiger partial charge in [-0.2, -0.15) is 5.10 Å². The molecule has 1 aromatic carbocycles. The highest BCUT2D eigenvalue weighted by Gasteiger charge is 2.13. The molecule has 3 nitrogen and oxygen atoms in total. The van der Waals surface area contributed by atoms with E-state index in [1.54, 1.807) is 10.9 Å². The van der Waals surface area contributed by atoms with Gasteiger partial charge in [0, 0.05) is 29.9 Å². The molecule has 0 aliphatic heterocycles. The Balaban J connectivity index is 2.45. The Morgan fingerprint density at radius 2 is 2.11 bits per heavy atom. The van der Waals surface area contributed by atoms with Crippen LogP contribution in [0.4, 0.5) is 4.39 Å². The average molecular weight is 261 g/mol. The van der Waals surface area contributed by atoms with Gasteiger partial charge in [0.1, 0.15) is 5.82 Å². The van der Waals surface area contributed by atoms with Gasteiger partial charge in [0.2, 0.25) is 0 Å². The first-order chi connectivity index (χ1) is 9.04. The summed E-state index contributed by atoms with van der Waals surface area (Å²) in [6, 6.07) is 5.48. The van der Waals surface area contributed by atoms with Crippen molar-refractivity contribution in [3.63, 3.8) is 0 Å². The van der Waals surface area contributed by atoms with Crippen LogP contribution in [-0.4, -0.2) is 16.3 Å². The monoisotopic (exact) mass is 261 g/mol. The number of benzene rings is 1. The summed E-state index contributed by atoms with van der Waals surface area (Å²) >= 11 is 0. The van der Waals surface area contributed by atoms with Crippen molar-refractivity contribution in [3.05, 3.63) is 41.5 Å². The molecular formula is C15H20FN3. The molecule has 0 saturated carbocycles. The first-order valence-electron chi connectivity index (χ1n) is 6.56. The zero-order valence-electron chi connectivity index (χ0n) is 11.9. The third-order valence-electron chi connectivity index (χ3n) is 3.53. The van der Waals surface area contributed by atoms with Crippen molar-refractivity contribution in [3.8, 4) is 11.1 Å². The van der Waals surface area contributed by atoms with Crippen molar-refractivity contribution in [1.82, 2.24) is 15.1 Å². The number of hydrogen-bond donors (Lipinski definition) is 1. The van der Waals surface area contributed by atoms with Crippen LogP contribution in [-0.2, 0) is 7.05 Å². The Morgan fingerprint density at radius 1 is 1.37 bits per heavy atom. The van der Waals surface area contributed by atoms with Gasteiger partial charge in [-0.05, 0) is 38.1 Å². The number of nitrogens with one attached hydrogen (secondary N) is 1. The molecular weight excluding hydrogens is 241 g/mol. The topological polar surface area (TPSA) is 29.9 Å². The van der Waals surface area contributed by atoms with Gasteiger partial charge < -0.3 is 5.32 Å². The molecule has 0 fully saturated rings. The molecule has 0 aliphatic rings. The van der Waals surface area contributed by atoms with Crippen LogP contribution in [0.3, 0.4) is 0 Å². The molecule has 102 valence electrons. The third kappa shape index (κ3) is 2.68. The second-order valence-electron chi connectivity index (χ2n) is 4.79. The average Bonchev–Trinajstić information content (AvgIpc) is 2.71. The van der Waals surface area contributed by atoms with Crippen LogP contribution in [0.15, 0.2) is 24.4 Å². The summed E-state index contributed by atoms with van der Waals surface area (Å²) in [4.78, 5) is 0. The first kappa shape index (κ1) is 13.7. The summed E-state index contributed by atoms with van der Waals surface area (Å²) in [6.07, 6.45) is 1.72. The lowest BCUT2D eigenvalue weighted by atomic mass is 10.00. The molecule has 1 aromatic heterocycles. The Labute approximate surface area is 113 Å². The van der Waals surface area contributed by atoms with Crippen LogP contribution in [0.1, 0.15) is 31.1 Å². The maximum Gasteiger partial charge on any atom is 0.131 e. The fourth-order valence-corrected chi connectivity index (χ4v) is 2.21. The van der Waals surface area contributed by atoms with Crippen molar-refractivity contribution >= 4 is 0 Å². The highest BCUT2D eigenvalue weighted by molar-refractivity contribution is 5.66.